The molecule has 21 heavy (non-hydrogen) atoms. The number of thioether (sulfide) groups is 1. The molecule has 0 aromatic carbocycles. The first kappa shape index (κ1) is 15.4. The summed E-state index contributed by atoms with van der Waals surface area (Å²) in [6.45, 7) is 1.75. The molecule has 0 radical (unpaired) electrons. The van der Waals surface area contributed by atoms with Crippen LogP contribution in [0, 0.1) is 6.92 Å². The molecule has 0 saturated heterocycles. The number of nitrogens with one attached hydrogen (secondary N) is 1. The number of pyridine rings is 1. The van der Waals surface area contributed by atoms with Gasteiger partial charge in [-0.25, -0.2) is 9.97 Å². The van der Waals surface area contributed by atoms with Gasteiger partial charge in [0.2, 0.25) is 5.91 Å². The number of hydrogen-bond donors (Lipinski definition) is 1. The van der Waals surface area contributed by atoms with E-state index < -0.39 is 17.2 Å². The lowest BCUT2D eigenvalue weighted by Crippen LogP contribution is -2.18. The summed E-state index contributed by atoms with van der Waals surface area (Å²) >= 11 is -0.384. The molecule has 0 atom stereocenters. The molecule has 0 saturated carbocycles. The van der Waals surface area contributed by atoms with Crippen molar-refractivity contribution in [1.82, 2.24) is 14.5 Å². The van der Waals surface area contributed by atoms with Gasteiger partial charge in [-0.3, -0.25) is 9.36 Å². The van der Waals surface area contributed by atoms with Crippen molar-refractivity contribution in [2.75, 3.05) is 11.1 Å². The SMILES string of the molecule is Cc1nccn1-c1ncccc1NC(=O)CSC(F)(F)F. The Balaban J connectivity index is 2.14. The number of amides is 1. The summed E-state index contributed by atoms with van der Waals surface area (Å²) < 4.78 is 37.8. The second kappa shape index (κ2) is 6.17. The molecule has 2 heterocycles. The zero-order valence-corrected chi connectivity index (χ0v) is 11.7. The fourth-order valence-electron chi connectivity index (χ4n) is 1.62. The van der Waals surface area contributed by atoms with Gasteiger partial charge in [0.05, 0.1) is 11.4 Å². The molecule has 0 spiro atoms. The Hall–Kier alpha value is -2.03. The molecule has 0 aliphatic rings. The van der Waals surface area contributed by atoms with Gasteiger partial charge in [0.15, 0.2) is 5.82 Å². The summed E-state index contributed by atoms with van der Waals surface area (Å²) in [6, 6.07) is 3.15. The highest BCUT2D eigenvalue weighted by Gasteiger charge is 2.29. The van der Waals surface area contributed by atoms with Crippen LogP contribution >= 0.6 is 11.8 Å². The van der Waals surface area contributed by atoms with Crippen molar-refractivity contribution in [1.29, 1.82) is 0 Å². The highest BCUT2D eigenvalue weighted by atomic mass is 32.2. The maximum Gasteiger partial charge on any atom is 0.442 e. The maximum absolute atomic E-state index is 12.1. The predicted molar refractivity (Wildman–Crippen MR) is 73.2 cm³/mol. The quantitative estimate of drug-likeness (QED) is 0.942. The lowest BCUT2D eigenvalue weighted by atomic mass is 10.3. The van der Waals surface area contributed by atoms with Gasteiger partial charge in [0.1, 0.15) is 5.82 Å². The van der Waals surface area contributed by atoms with E-state index in [-0.39, 0.29) is 11.8 Å². The van der Waals surface area contributed by atoms with E-state index in [0.717, 1.165) is 0 Å². The van der Waals surface area contributed by atoms with E-state index >= 15 is 0 Å². The largest absolute Gasteiger partial charge is 0.442 e. The topological polar surface area (TPSA) is 59.8 Å². The Morgan fingerprint density at radius 2 is 2.14 bits per heavy atom. The molecular weight excluding hydrogens is 305 g/mol. The smallest absolute Gasteiger partial charge is 0.322 e. The number of carbonyl (C=O) groups excluding carboxylic acids is 1. The number of imidazole rings is 1. The van der Waals surface area contributed by atoms with Crippen molar-refractivity contribution in [2.24, 2.45) is 0 Å². The second-order valence-electron chi connectivity index (χ2n) is 4.00. The summed E-state index contributed by atoms with van der Waals surface area (Å²) in [5.74, 6) is -0.406. The molecule has 1 amide bonds. The van der Waals surface area contributed by atoms with Gasteiger partial charge in [-0.2, -0.15) is 13.2 Å². The summed E-state index contributed by atoms with van der Waals surface area (Å²) in [5, 5.41) is 2.43. The Kier molecular flexibility index (Phi) is 4.51. The number of aryl methyl sites for hydroxylation is 1. The van der Waals surface area contributed by atoms with E-state index in [4.69, 9.17) is 0 Å². The van der Waals surface area contributed by atoms with Gasteiger partial charge in [-0.05, 0) is 30.8 Å². The van der Waals surface area contributed by atoms with Crippen molar-refractivity contribution in [3.8, 4) is 5.82 Å². The third-order valence-electron chi connectivity index (χ3n) is 2.48. The molecule has 112 valence electrons. The zero-order valence-electron chi connectivity index (χ0n) is 10.9. The summed E-state index contributed by atoms with van der Waals surface area (Å²) in [5.41, 5.74) is -4.11. The molecule has 0 aliphatic heterocycles. The lowest BCUT2D eigenvalue weighted by Gasteiger charge is -2.12. The van der Waals surface area contributed by atoms with Crippen LogP contribution in [-0.4, -0.2) is 31.7 Å². The van der Waals surface area contributed by atoms with Gasteiger partial charge in [-0.15, -0.1) is 0 Å². The standard InChI is InChI=1S/C12H11F3N4OS/c1-8-16-5-6-19(8)11-9(3-2-4-17-11)18-10(20)7-21-12(13,14)15/h2-6H,7H2,1H3,(H,18,20). The van der Waals surface area contributed by atoms with Crippen LogP contribution in [0.1, 0.15) is 5.82 Å². The monoisotopic (exact) mass is 316 g/mol. The maximum atomic E-state index is 12.1. The van der Waals surface area contributed by atoms with Gasteiger partial charge in [-0.1, -0.05) is 0 Å². The lowest BCUT2D eigenvalue weighted by molar-refractivity contribution is -0.114. The second-order valence-corrected chi connectivity index (χ2v) is 5.04. The molecule has 2 aromatic rings. The number of halogens is 3. The van der Waals surface area contributed by atoms with Crippen molar-refractivity contribution in [3.05, 3.63) is 36.5 Å². The van der Waals surface area contributed by atoms with Crippen LogP contribution in [0.3, 0.4) is 0 Å². The van der Waals surface area contributed by atoms with Gasteiger partial charge < -0.3 is 5.32 Å². The molecule has 0 fully saturated rings. The highest BCUT2D eigenvalue weighted by Crippen LogP contribution is 2.30. The number of alkyl halides is 3. The highest BCUT2D eigenvalue weighted by molar-refractivity contribution is 8.00. The van der Waals surface area contributed by atoms with Crippen molar-refractivity contribution in [2.45, 2.75) is 12.4 Å². The number of rotatable bonds is 4. The molecule has 0 bridgehead atoms. The molecule has 1 N–H and O–H groups in total. The van der Waals surface area contributed by atoms with Crippen molar-refractivity contribution in [3.63, 3.8) is 0 Å². The molecule has 0 aliphatic carbocycles. The molecule has 9 heteroatoms. The number of anilines is 1. The van der Waals surface area contributed by atoms with Crippen LogP contribution in [0.2, 0.25) is 0 Å². The number of nitrogens with zero attached hydrogens (tertiary/aromatic N) is 3. The molecule has 2 aromatic heterocycles. The average molecular weight is 316 g/mol. The third-order valence-corrected chi connectivity index (χ3v) is 3.22. The van der Waals surface area contributed by atoms with E-state index in [1.807, 2.05) is 0 Å². The summed E-state index contributed by atoms with van der Waals surface area (Å²) in [4.78, 5) is 19.7. The minimum absolute atomic E-state index is 0.325. The first-order valence-corrected chi connectivity index (χ1v) is 6.81. The fraction of sp³-hybridized carbons (Fsp3) is 0.250. The molecule has 0 unspecified atom stereocenters. The normalized spacial score (nSPS) is 11.4. The van der Waals surface area contributed by atoms with Crippen LogP contribution in [-0.2, 0) is 4.79 Å². The summed E-state index contributed by atoms with van der Waals surface area (Å²) in [6.07, 6.45) is 4.74. The Labute approximate surface area is 122 Å². The first-order valence-electron chi connectivity index (χ1n) is 5.83. The summed E-state index contributed by atoms with van der Waals surface area (Å²) in [7, 11) is 0. The molecule has 5 nitrogen and oxygen atoms in total. The Morgan fingerprint density at radius 1 is 1.38 bits per heavy atom. The minimum atomic E-state index is -4.43. The first-order chi connectivity index (χ1) is 9.87. The zero-order chi connectivity index (χ0) is 15.5. The molecule has 2 rings (SSSR count). The fourth-order valence-corrected chi connectivity index (χ4v) is 1.99. The van der Waals surface area contributed by atoms with E-state index in [1.165, 1.54) is 6.20 Å². The van der Waals surface area contributed by atoms with E-state index in [2.05, 4.69) is 15.3 Å². The van der Waals surface area contributed by atoms with Crippen molar-refractivity contribution >= 4 is 23.4 Å². The van der Waals surface area contributed by atoms with Crippen LogP contribution in [0.4, 0.5) is 18.9 Å². The third kappa shape index (κ3) is 4.22. The molecular formula is C12H11F3N4OS. The van der Waals surface area contributed by atoms with Crippen molar-refractivity contribution < 1.29 is 18.0 Å². The Morgan fingerprint density at radius 3 is 2.76 bits per heavy atom. The van der Waals surface area contributed by atoms with Crippen LogP contribution in [0.25, 0.3) is 5.82 Å². The predicted octanol–water partition coefficient (Wildman–Crippen LogP) is 2.77. The van der Waals surface area contributed by atoms with E-state index in [0.29, 0.717) is 17.3 Å². The van der Waals surface area contributed by atoms with Gasteiger partial charge in [0, 0.05) is 18.6 Å². The van der Waals surface area contributed by atoms with E-state index in [1.54, 1.807) is 36.0 Å². The van der Waals surface area contributed by atoms with Gasteiger partial charge >= 0.3 is 5.51 Å². The average Bonchev–Trinajstić information content (AvgIpc) is 2.82. The van der Waals surface area contributed by atoms with Crippen LogP contribution in [0.15, 0.2) is 30.7 Å². The number of aromatic nitrogens is 3. The Bertz CT molecular complexity index is 641. The van der Waals surface area contributed by atoms with Crippen LogP contribution < -0.4 is 5.32 Å². The van der Waals surface area contributed by atoms with Gasteiger partial charge in [0.25, 0.3) is 0 Å². The van der Waals surface area contributed by atoms with Crippen LogP contribution in [0.5, 0.6) is 0 Å². The number of hydrogen-bond acceptors (Lipinski definition) is 4. The van der Waals surface area contributed by atoms with E-state index in [9.17, 15) is 18.0 Å². The minimum Gasteiger partial charge on any atom is -0.322 e. The number of carbonyl (C=O) groups is 1.